The number of nitrogens with zero attached hydrogens (tertiary/aromatic N) is 1. The lowest BCUT2D eigenvalue weighted by molar-refractivity contribution is -0.141. The molecule has 6 heteroatoms. The molecule has 0 radical (unpaired) electrons. The highest BCUT2D eigenvalue weighted by molar-refractivity contribution is 5.65. The third-order valence-electron chi connectivity index (χ3n) is 2.75. The summed E-state index contributed by atoms with van der Waals surface area (Å²) in [7, 11) is 0. The summed E-state index contributed by atoms with van der Waals surface area (Å²) in [5.41, 5.74) is 5.21. The van der Waals surface area contributed by atoms with Crippen molar-refractivity contribution in [2.75, 3.05) is 17.6 Å². The van der Waals surface area contributed by atoms with Gasteiger partial charge in [0, 0.05) is 6.54 Å². The van der Waals surface area contributed by atoms with E-state index in [4.69, 9.17) is 5.73 Å². The smallest absolute Gasteiger partial charge is 0.396 e. The average molecular weight is 275 g/mol. The molecule has 3 nitrogen and oxygen atoms in total. The van der Waals surface area contributed by atoms with Crippen LogP contribution in [0.3, 0.4) is 0 Å². The van der Waals surface area contributed by atoms with Crippen molar-refractivity contribution in [2.45, 2.75) is 39.3 Å². The van der Waals surface area contributed by atoms with Crippen molar-refractivity contribution in [1.29, 1.82) is 0 Å². The topological polar surface area (TPSA) is 50.9 Å². The molecule has 0 aliphatic heterocycles. The molecule has 1 aromatic rings. The van der Waals surface area contributed by atoms with E-state index >= 15 is 0 Å². The maximum atomic E-state index is 12.5. The van der Waals surface area contributed by atoms with Crippen LogP contribution in [-0.4, -0.2) is 11.5 Å². The Kier molecular flexibility index (Phi) is 5.44. The van der Waals surface area contributed by atoms with Gasteiger partial charge in [-0.3, -0.25) is 0 Å². The zero-order valence-electron chi connectivity index (χ0n) is 11.2. The molecule has 0 fully saturated rings. The summed E-state index contributed by atoms with van der Waals surface area (Å²) >= 11 is 0. The molecule has 0 spiro atoms. The maximum absolute atomic E-state index is 12.5. The van der Waals surface area contributed by atoms with Crippen LogP contribution in [0, 0.1) is 5.92 Å². The van der Waals surface area contributed by atoms with Gasteiger partial charge in [0.05, 0.1) is 17.6 Å². The minimum Gasteiger partial charge on any atom is -0.396 e. The number of aromatic nitrogens is 1. The molecule has 0 bridgehead atoms. The molecule has 1 heterocycles. The van der Waals surface area contributed by atoms with Crippen LogP contribution < -0.4 is 11.1 Å². The molecule has 1 rings (SSSR count). The Morgan fingerprint density at radius 2 is 2.00 bits per heavy atom. The van der Waals surface area contributed by atoms with E-state index in [9.17, 15) is 13.2 Å². The SMILES string of the molecule is CC(C)CCCCNc1cc(C(F)(F)F)ncc1N. The molecule has 0 amide bonds. The number of nitrogen functional groups attached to an aromatic ring is 1. The largest absolute Gasteiger partial charge is 0.433 e. The first-order valence-corrected chi connectivity index (χ1v) is 6.37. The number of hydrogen-bond donors (Lipinski definition) is 2. The van der Waals surface area contributed by atoms with E-state index in [2.05, 4.69) is 24.1 Å². The molecule has 108 valence electrons. The van der Waals surface area contributed by atoms with Gasteiger partial charge in [0.2, 0.25) is 0 Å². The van der Waals surface area contributed by atoms with Crippen LogP contribution in [0.1, 0.15) is 38.8 Å². The number of nitrogens with two attached hydrogens (primary N) is 1. The zero-order chi connectivity index (χ0) is 14.5. The maximum Gasteiger partial charge on any atom is 0.433 e. The summed E-state index contributed by atoms with van der Waals surface area (Å²) in [5, 5.41) is 2.93. The van der Waals surface area contributed by atoms with Crippen molar-refractivity contribution in [3.8, 4) is 0 Å². The number of alkyl halides is 3. The molecule has 0 aliphatic rings. The van der Waals surface area contributed by atoms with E-state index in [1.54, 1.807) is 0 Å². The standard InChI is InChI=1S/C13H20F3N3/c1-9(2)5-3-4-6-18-11-7-12(13(14,15)16)19-8-10(11)17/h7-9H,3-6,17H2,1-2H3,(H,18,19). The molecular formula is C13H20F3N3. The number of hydrogen-bond acceptors (Lipinski definition) is 3. The van der Waals surface area contributed by atoms with Gasteiger partial charge in [-0.15, -0.1) is 0 Å². The van der Waals surface area contributed by atoms with E-state index in [-0.39, 0.29) is 5.69 Å². The highest BCUT2D eigenvalue weighted by atomic mass is 19.4. The van der Waals surface area contributed by atoms with E-state index < -0.39 is 11.9 Å². The van der Waals surface area contributed by atoms with Gasteiger partial charge in [-0.1, -0.05) is 26.7 Å². The lowest BCUT2D eigenvalue weighted by atomic mass is 10.1. The van der Waals surface area contributed by atoms with Gasteiger partial charge >= 0.3 is 6.18 Å². The summed E-state index contributed by atoms with van der Waals surface area (Å²) in [6.07, 6.45) is -0.342. The van der Waals surface area contributed by atoms with Crippen molar-refractivity contribution >= 4 is 11.4 Å². The van der Waals surface area contributed by atoms with Crippen LogP contribution >= 0.6 is 0 Å². The zero-order valence-corrected chi connectivity index (χ0v) is 11.2. The Morgan fingerprint density at radius 3 is 2.58 bits per heavy atom. The Morgan fingerprint density at radius 1 is 1.32 bits per heavy atom. The lowest BCUT2D eigenvalue weighted by Gasteiger charge is -2.12. The van der Waals surface area contributed by atoms with Gasteiger partial charge < -0.3 is 11.1 Å². The number of unbranched alkanes of at least 4 members (excludes halogenated alkanes) is 1. The van der Waals surface area contributed by atoms with Gasteiger partial charge in [-0.25, -0.2) is 4.98 Å². The van der Waals surface area contributed by atoms with Crippen LogP contribution in [0.5, 0.6) is 0 Å². The van der Waals surface area contributed by atoms with Crippen LogP contribution in [0.25, 0.3) is 0 Å². The first-order chi connectivity index (χ1) is 8.80. The van der Waals surface area contributed by atoms with Crippen molar-refractivity contribution in [1.82, 2.24) is 4.98 Å². The fraction of sp³-hybridized carbons (Fsp3) is 0.615. The van der Waals surface area contributed by atoms with Crippen molar-refractivity contribution < 1.29 is 13.2 Å². The molecule has 0 aliphatic carbocycles. The summed E-state index contributed by atoms with van der Waals surface area (Å²) in [6, 6.07) is 0.956. The molecular weight excluding hydrogens is 255 g/mol. The van der Waals surface area contributed by atoms with E-state index in [1.165, 1.54) is 0 Å². The fourth-order valence-corrected chi connectivity index (χ4v) is 1.67. The second-order valence-corrected chi connectivity index (χ2v) is 4.97. The van der Waals surface area contributed by atoms with Crippen molar-refractivity contribution in [3.63, 3.8) is 0 Å². The molecule has 3 N–H and O–H groups in total. The summed E-state index contributed by atoms with van der Waals surface area (Å²) in [6.45, 7) is 4.89. The van der Waals surface area contributed by atoms with Gasteiger partial charge in [-0.2, -0.15) is 13.2 Å². The van der Waals surface area contributed by atoms with Crippen LogP contribution in [0.15, 0.2) is 12.3 Å². The fourth-order valence-electron chi connectivity index (χ4n) is 1.67. The van der Waals surface area contributed by atoms with E-state index in [0.29, 0.717) is 18.2 Å². The molecule has 1 aromatic heterocycles. The first kappa shape index (κ1) is 15.6. The van der Waals surface area contributed by atoms with Gasteiger partial charge in [-0.05, 0) is 18.4 Å². The third-order valence-corrected chi connectivity index (χ3v) is 2.75. The summed E-state index contributed by atoms with van der Waals surface area (Å²) in [4.78, 5) is 3.29. The quantitative estimate of drug-likeness (QED) is 0.774. The predicted molar refractivity (Wildman–Crippen MR) is 70.8 cm³/mol. The second-order valence-electron chi connectivity index (χ2n) is 4.97. The van der Waals surface area contributed by atoms with Crippen LogP contribution in [-0.2, 0) is 6.18 Å². The number of halogens is 3. The number of rotatable bonds is 6. The van der Waals surface area contributed by atoms with Gasteiger partial charge in [0.25, 0.3) is 0 Å². The van der Waals surface area contributed by atoms with Crippen molar-refractivity contribution in [2.24, 2.45) is 5.92 Å². The van der Waals surface area contributed by atoms with E-state index in [1.807, 2.05) is 0 Å². The third kappa shape index (κ3) is 5.36. The van der Waals surface area contributed by atoms with Gasteiger partial charge in [0.1, 0.15) is 5.69 Å². The van der Waals surface area contributed by atoms with Crippen LogP contribution in [0.4, 0.5) is 24.5 Å². The molecule has 0 saturated heterocycles. The number of pyridine rings is 1. The minimum absolute atomic E-state index is 0.233. The van der Waals surface area contributed by atoms with Gasteiger partial charge in [0.15, 0.2) is 0 Å². The normalized spacial score (nSPS) is 11.9. The number of nitrogens with one attached hydrogen (secondary N) is 1. The summed E-state index contributed by atoms with van der Waals surface area (Å²) < 4.78 is 37.5. The highest BCUT2D eigenvalue weighted by Crippen LogP contribution is 2.31. The van der Waals surface area contributed by atoms with Crippen LogP contribution in [0.2, 0.25) is 0 Å². The molecule has 0 saturated carbocycles. The molecule has 0 atom stereocenters. The molecule has 19 heavy (non-hydrogen) atoms. The Balaban J connectivity index is 2.53. The minimum atomic E-state index is -4.44. The second kappa shape index (κ2) is 6.63. The first-order valence-electron chi connectivity index (χ1n) is 6.37. The monoisotopic (exact) mass is 275 g/mol. The lowest BCUT2D eigenvalue weighted by Crippen LogP contribution is -2.11. The van der Waals surface area contributed by atoms with E-state index in [0.717, 1.165) is 31.5 Å². The Labute approximate surface area is 111 Å². The predicted octanol–water partition coefficient (Wildman–Crippen LogP) is 3.92. The number of anilines is 2. The highest BCUT2D eigenvalue weighted by Gasteiger charge is 2.32. The Hall–Kier alpha value is -1.46. The molecule has 0 aromatic carbocycles. The summed E-state index contributed by atoms with van der Waals surface area (Å²) in [5.74, 6) is 0.642. The Bertz CT molecular complexity index is 403. The van der Waals surface area contributed by atoms with Crippen molar-refractivity contribution in [3.05, 3.63) is 18.0 Å². The average Bonchev–Trinajstić information content (AvgIpc) is 2.29. The molecule has 0 unspecified atom stereocenters.